The summed E-state index contributed by atoms with van der Waals surface area (Å²) in [5.41, 5.74) is 1.31. The van der Waals surface area contributed by atoms with Crippen molar-refractivity contribution in [2.24, 2.45) is 0 Å². The molecule has 1 aromatic heterocycles. The van der Waals surface area contributed by atoms with E-state index >= 15 is 0 Å². The van der Waals surface area contributed by atoms with Gasteiger partial charge >= 0.3 is 0 Å². The average molecular weight is 394 g/mol. The Labute approximate surface area is 159 Å². The summed E-state index contributed by atoms with van der Waals surface area (Å²) in [7, 11) is 0. The van der Waals surface area contributed by atoms with Gasteiger partial charge in [0.25, 0.3) is 5.91 Å². The normalized spacial score (nSPS) is 10.6. The van der Waals surface area contributed by atoms with Crippen molar-refractivity contribution in [2.45, 2.75) is 6.92 Å². The topological polar surface area (TPSA) is 56.1 Å². The van der Waals surface area contributed by atoms with Gasteiger partial charge in [-0.25, -0.2) is 9.07 Å². The van der Waals surface area contributed by atoms with Crippen LogP contribution in [0.15, 0.2) is 48.5 Å². The molecule has 0 saturated carbocycles. The molecule has 0 fully saturated rings. The van der Waals surface area contributed by atoms with Gasteiger partial charge in [0.2, 0.25) is 0 Å². The van der Waals surface area contributed by atoms with Crippen LogP contribution in [0.5, 0.6) is 5.75 Å². The zero-order chi connectivity index (χ0) is 18.7. The molecule has 0 aliphatic carbocycles. The maximum Gasteiger partial charge on any atom is 0.263 e. The minimum absolute atomic E-state index is 0.245. The summed E-state index contributed by atoms with van der Waals surface area (Å²) >= 11 is 12.0. The average Bonchev–Trinajstić information content (AvgIpc) is 2.95. The van der Waals surface area contributed by atoms with Crippen molar-refractivity contribution in [2.75, 3.05) is 11.9 Å². The molecule has 0 saturated heterocycles. The zero-order valence-corrected chi connectivity index (χ0v) is 15.2. The molecule has 1 amide bonds. The quantitative estimate of drug-likeness (QED) is 0.686. The third-order valence-electron chi connectivity index (χ3n) is 3.44. The highest BCUT2D eigenvalue weighted by molar-refractivity contribution is 6.37. The summed E-state index contributed by atoms with van der Waals surface area (Å²) < 4.78 is 20.0. The van der Waals surface area contributed by atoms with Crippen LogP contribution in [0.2, 0.25) is 10.0 Å². The number of hydrogen-bond acceptors (Lipinski definition) is 3. The molecule has 5 nitrogen and oxygen atoms in total. The lowest BCUT2D eigenvalue weighted by molar-refractivity contribution is -0.118. The molecule has 2 aromatic carbocycles. The highest BCUT2D eigenvalue weighted by atomic mass is 35.5. The lowest BCUT2D eigenvalue weighted by Crippen LogP contribution is -2.22. The number of halogens is 3. The van der Waals surface area contributed by atoms with Crippen LogP contribution >= 0.6 is 23.2 Å². The first kappa shape index (κ1) is 18.2. The fourth-order valence-corrected chi connectivity index (χ4v) is 2.81. The largest absolute Gasteiger partial charge is 0.481 e. The van der Waals surface area contributed by atoms with Gasteiger partial charge in [-0.15, -0.1) is 0 Å². The van der Waals surface area contributed by atoms with Gasteiger partial charge < -0.3 is 10.1 Å². The summed E-state index contributed by atoms with van der Waals surface area (Å²) in [6, 6.07) is 12.4. The molecule has 0 unspecified atom stereocenters. The van der Waals surface area contributed by atoms with E-state index in [1.807, 2.05) is 0 Å². The third-order valence-corrected chi connectivity index (χ3v) is 4.03. The third kappa shape index (κ3) is 4.15. The summed E-state index contributed by atoms with van der Waals surface area (Å²) in [5.74, 6) is -0.0837. The van der Waals surface area contributed by atoms with Crippen molar-refractivity contribution in [3.05, 3.63) is 70.1 Å². The molecule has 0 bridgehead atoms. The van der Waals surface area contributed by atoms with Crippen LogP contribution in [-0.4, -0.2) is 22.3 Å². The van der Waals surface area contributed by atoms with Gasteiger partial charge in [0.05, 0.1) is 21.4 Å². The van der Waals surface area contributed by atoms with E-state index in [0.717, 1.165) is 0 Å². The van der Waals surface area contributed by atoms with Gasteiger partial charge in [-0.05, 0) is 43.3 Å². The molecule has 0 radical (unpaired) electrons. The van der Waals surface area contributed by atoms with E-state index in [4.69, 9.17) is 27.9 Å². The summed E-state index contributed by atoms with van der Waals surface area (Å²) in [6.45, 7) is 1.51. The number of carbonyl (C=O) groups excluding carboxylic acids is 1. The molecule has 3 rings (SSSR count). The Morgan fingerprint density at radius 3 is 2.50 bits per heavy atom. The van der Waals surface area contributed by atoms with Crippen molar-refractivity contribution < 1.29 is 13.9 Å². The number of anilines is 1. The first-order chi connectivity index (χ1) is 12.4. The van der Waals surface area contributed by atoms with Gasteiger partial charge in [0.1, 0.15) is 11.6 Å². The molecule has 1 heterocycles. The van der Waals surface area contributed by atoms with E-state index in [-0.39, 0.29) is 18.2 Å². The van der Waals surface area contributed by atoms with Crippen LogP contribution in [-0.2, 0) is 4.79 Å². The second-order valence-corrected chi connectivity index (χ2v) is 6.26. The Balaban J connectivity index is 1.73. The Hall–Kier alpha value is -2.57. The number of carbonyl (C=O) groups is 1. The van der Waals surface area contributed by atoms with Crippen LogP contribution in [0, 0.1) is 12.7 Å². The second kappa shape index (κ2) is 7.76. The van der Waals surface area contributed by atoms with Gasteiger partial charge in [-0.2, -0.15) is 5.10 Å². The van der Waals surface area contributed by atoms with Gasteiger partial charge in [0, 0.05) is 6.07 Å². The maximum absolute atomic E-state index is 13.1. The SMILES string of the molecule is Cc1cc(NC(=O)COc2c(Cl)cccc2Cl)n(-c2ccc(F)cc2)n1. The number of hydrogen-bond donors (Lipinski definition) is 1. The summed E-state index contributed by atoms with van der Waals surface area (Å²) in [4.78, 5) is 12.2. The Kier molecular flexibility index (Phi) is 5.44. The Morgan fingerprint density at radius 1 is 1.19 bits per heavy atom. The van der Waals surface area contributed by atoms with E-state index in [1.165, 1.54) is 16.8 Å². The zero-order valence-electron chi connectivity index (χ0n) is 13.7. The fourth-order valence-electron chi connectivity index (χ4n) is 2.30. The molecule has 8 heteroatoms. The van der Waals surface area contributed by atoms with Crippen LogP contribution < -0.4 is 10.1 Å². The number of aryl methyl sites for hydroxylation is 1. The smallest absolute Gasteiger partial charge is 0.263 e. The highest BCUT2D eigenvalue weighted by Crippen LogP contribution is 2.32. The number of benzene rings is 2. The predicted molar refractivity (Wildman–Crippen MR) is 98.8 cm³/mol. The minimum Gasteiger partial charge on any atom is -0.481 e. The second-order valence-electron chi connectivity index (χ2n) is 5.45. The molecule has 0 aliphatic heterocycles. The number of nitrogens with one attached hydrogen (secondary N) is 1. The molecule has 26 heavy (non-hydrogen) atoms. The first-order valence-electron chi connectivity index (χ1n) is 7.63. The number of nitrogens with zero attached hydrogens (tertiary/aromatic N) is 2. The molecule has 0 atom stereocenters. The monoisotopic (exact) mass is 393 g/mol. The lowest BCUT2D eigenvalue weighted by atomic mass is 10.3. The summed E-state index contributed by atoms with van der Waals surface area (Å²) in [6.07, 6.45) is 0. The Morgan fingerprint density at radius 2 is 1.85 bits per heavy atom. The standard InChI is InChI=1S/C18H14Cl2FN3O2/c1-11-9-16(24(23-11)13-7-5-12(21)6-8-13)22-17(25)10-26-18-14(19)3-2-4-15(18)20/h2-9H,10H2,1H3,(H,22,25). The van der Waals surface area contributed by atoms with Crippen molar-refractivity contribution in [3.8, 4) is 11.4 Å². The number of rotatable bonds is 5. The van der Waals surface area contributed by atoms with Gasteiger partial charge in [0.15, 0.2) is 12.4 Å². The number of para-hydroxylation sites is 1. The van der Waals surface area contributed by atoms with E-state index in [9.17, 15) is 9.18 Å². The van der Waals surface area contributed by atoms with Crippen molar-refractivity contribution in [1.82, 2.24) is 9.78 Å². The summed E-state index contributed by atoms with van der Waals surface area (Å²) in [5, 5.41) is 7.65. The molecule has 0 aliphatic rings. The Bertz CT molecular complexity index is 922. The molecule has 0 spiro atoms. The van der Waals surface area contributed by atoms with Crippen LogP contribution in [0.3, 0.4) is 0 Å². The van der Waals surface area contributed by atoms with E-state index in [1.54, 1.807) is 43.3 Å². The lowest BCUT2D eigenvalue weighted by Gasteiger charge is -2.11. The van der Waals surface area contributed by atoms with Crippen molar-refractivity contribution in [3.63, 3.8) is 0 Å². The minimum atomic E-state index is -0.413. The van der Waals surface area contributed by atoms with Crippen molar-refractivity contribution in [1.29, 1.82) is 0 Å². The van der Waals surface area contributed by atoms with Crippen LogP contribution in [0.25, 0.3) is 5.69 Å². The van der Waals surface area contributed by atoms with Crippen LogP contribution in [0.1, 0.15) is 5.69 Å². The molecular weight excluding hydrogens is 380 g/mol. The van der Waals surface area contributed by atoms with Crippen LogP contribution in [0.4, 0.5) is 10.2 Å². The first-order valence-corrected chi connectivity index (χ1v) is 8.39. The van der Waals surface area contributed by atoms with E-state index in [0.29, 0.717) is 27.2 Å². The van der Waals surface area contributed by atoms with Crippen molar-refractivity contribution >= 4 is 34.9 Å². The molecule has 134 valence electrons. The highest BCUT2D eigenvalue weighted by Gasteiger charge is 2.13. The van der Waals surface area contributed by atoms with E-state index < -0.39 is 5.91 Å². The van der Waals surface area contributed by atoms with Gasteiger partial charge in [-0.3, -0.25) is 4.79 Å². The predicted octanol–water partition coefficient (Wildman–Crippen LogP) is 4.64. The molecule has 3 aromatic rings. The number of amides is 1. The van der Waals surface area contributed by atoms with E-state index in [2.05, 4.69) is 10.4 Å². The number of aromatic nitrogens is 2. The maximum atomic E-state index is 13.1. The molecular formula is C18H14Cl2FN3O2. The van der Waals surface area contributed by atoms with Gasteiger partial charge in [-0.1, -0.05) is 29.3 Å². The fraction of sp³-hybridized carbons (Fsp3) is 0.111. The number of ether oxygens (including phenoxy) is 1. The molecule has 1 N–H and O–H groups in total.